The highest BCUT2D eigenvalue weighted by molar-refractivity contribution is 5.90. The second-order valence-corrected chi connectivity index (χ2v) is 27.4. The van der Waals surface area contributed by atoms with Gasteiger partial charge >= 0.3 is 0 Å². The predicted molar refractivity (Wildman–Crippen MR) is 345 cm³/mol. The zero-order valence-corrected chi connectivity index (χ0v) is 51.8. The largest absolute Gasteiger partial charge is 0.507 e. The lowest BCUT2D eigenvalue weighted by Crippen LogP contribution is -2.62. The van der Waals surface area contributed by atoms with Crippen molar-refractivity contribution in [2.45, 2.75) is 171 Å². The number of H-pyrrole nitrogens is 1. The van der Waals surface area contributed by atoms with Gasteiger partial charge in [-0.1, -0.05) is 87.1 Å². The van der Waals surface area contributed by atoms with E-state index in [2.05, 4.69) is 119 Å². The van der Waals surface area contributed by atoms with Crippen molar-refractivity contribution >= 4 is 23.3 Å². The SMILES string of the molecule is CC(C)CC(C)(O)CNCNC1C#CCC(CO)Oc2cc(ccc2O)C2Oc3c(c4c(c5c3CCC(CO)O5)-c3ccc(O)c5c3C(C4)C(c3ccc4[nH]ccc4c3)C(CNCCCc3ccccc3)=C5)CC12OCNC1CCCC2(CCCC2C=O)C1. The maximum Gasteiger partial charge on any atom is 0.161 e. The van der Waals surface area contributed by atoms with Crippen molar-refractivity contribution in [2.24, 2.45) is 17.3 Å². The van der Waals surface area contributed by atoms with Crippen LogP contribution in [0.15, 0.2) is 96.7 Å². The summed E-state index contributed by atoms with van der Waals surface area (Å²) in [6, 6.07) is 27.9. The van der Waals surface area contributed by atoms with Crippen molar-refractivity contribution in [2.75, 3.05) is 46.2 Å². The van der Waals surface area contributed by atoms with Crippen molar-refractivity contribution in [3.05, 3.63) is 141 Å². The summed E-state index contributed by atoms with van der Waals surface area (Å²) in [6.45, 7) is 7.65. The number of aldehydes is 1. The van der Waals surface area contributed by atoms with Gasteiger partial charge in [0, 0.05) is 84.4 Å². The molecule has 1 spiro atoms. The van der Waals surface area contributed by atoms with Gasteiger partial charge in [-0.25, -0.2) is 0 Å². The summed E-state index contributed by atoms with van der Waals surface area (Å²) in [5.74, 6) is 8.79. The first-order valence-corrected chi connectivity index (χ1v) is 32.9. The van der Waals surface area contributed by atoms with Gasteiger partial charge in [0.25, 0.3) is 0 Å². The Labute approximate surface area is 523 Å². The summed E-state index contributed by atoms with van der Waals surface area (Å²) in [5.41, 5.74) is 9.65. The average molecular weight is 1210 g/mol. The van der Waals surface area contributed by atoms with Crippen molar-refractivity contribution in [1.82, 2.24) is 26.3 Å². The smallest absolute Gasteiger partial charge is 0.161 e. The van der Waals surface area contributed by atoms with E-state index in [-0.39, 0.29) is 85.4 Å². The first kappa shape index (κ1) is 61.2. The number of aromatic hydroxyl groups is 2. The third-order valence-electron chi connectivity index (χ3n) is 20.8. The van der Waals surface area contributed by atoms with Crippen LogP contribution in [-0.4, -0.2) is 119 Å². The number of ether oxygens (including phenoxy) is 4. The highest BCUT2D eigenvalue weighted by Gasteiger charge is 2.56. The normalized spacial score (nSPS) is 27.2. The van der Waals surface area contributed by atoms with Gasteiger partial charge in [0.05, 0.1) is 25.5 Å². The van der Waals surface area contributed by atoms with E-state index in [4.69, 9.17) is 18.9 Å². The molecule has 11 atom stereocenters. The molecular formula is C74H89N5O10. The summed E-state index contributed by atoms with van der Waals surface area (Å²) in [7, 11) is 0. The molecule has 6 aromatic rings. The van der Waals surface area contributed by atoms with Crippen LogP contribution in [0.4, 0.5) is 0 Å². The minimum atomic E-state index is -1.35. The molecule has 0 radical (unpaired) electrons. The first-order valence-electron chi connectivity index (χ1n) is 32.9. The van der Waals surface area contributed by atoms with Crippen LogP contribution in [0.25, 0.3) is 28.1 Å². The number of aromatic amines is 1. The highest BCUT2D eigenvalue weighted by Crippen LogP contribution is 2.62. The Morgan fingerprint density at radius 3 is 2.51 bits per heavy atom. The number of aliphatic hydroxyl groups is 3. The number of phenolic OH excluding ortho intramolecular Hbond substituents is 2. The zero-order valence-electron chi connectivity index (χ0n) is 51.8. The van der Waals surface area contributed by atoms with Crippen molar-refractivity contribution in [1.29, 1.82) is 0 Å². The molecule has 2 fully saturated rings. The molecule has 7 aliphatic rings. The van der Waals surface area contributed by atoms with Crippen LogP contribution in [0.3, 0.4) is 0 Å². The lowest BCUT2D eigenvalue weighted by Gasteiger charge is -2.50. The van der Waals surface area contributed by atoms with Crippen LogP contribution in [0, 0.1) is 29.1 Å². The van der Waals surface area contributed by atoms with E-state index in [0.29, 0.717) is 62.3 Å². The van der Waals surface area contributed by atoms with E-state index in [0.717, 1.165) is 114 Å². The fourth-order valence-corrected chi connectivity index (χ4v) is 16.8. The van der Waals surface area contributed by atoms with Crippen LogP contribution in [0.5, 0.6) is 28.7 Å². The second kappa shape index (κ2) is 25.9. The Kier molecular flexibility index (Phi) is 17.8. The number of fused-ring (bicyclic) bond motifs is 12. The Morgan fingerprint density at radius 2 is 1.69 bits per heavy atom. The molecule has 13 rings (SSSR count). The topological polar surface area (TPSA) is 219 Å². The number of benzene rings is 5. The third-order valence-corrected chi connectivity index (χ3v) is 20.8. The minimum absolute atomic E-state index is 0.0379. The van der Waals surface area contributed by atoms with E-state index in [1.807, 2.05) is 25.3 Å². The molecule has 15 nitrogen and oxygen atoms in total. The predicted octanol–water partition coefficient (Wildman–Crippen LogP) is 10.3. The number of rotatable bonds is 21. The number of aromatic nitrogens is 1. The lowest BCUT2D eigenvalue weighted by molar-refractivity contribution is -0.145. The van der Waals surface area contributed by atoms with Gasteiger partial charge in [0.1, 0.15) is 47.4 Å². The molecular weight excluding hydrogens is 1120 g/mol. The van der Waals surface area contributed by atoms with E-state index in [9.17, 15) is 30.3 Å². The standard InChI is InChI=1S/C74H89N5O10/c1-45(2)35-72(3,85)42-76-43-78-65-17-7-16-53(40-81)87-64-33-49(19-24-63(64)84)71-74(65,86-44-79-52-15-9-28-73(36-52)27-8-14-51(73)39-80)37-60-57-34-59-66(48-18-23-61-47(31-48)26-30-77-61)50(38-75-29-10-13-46-11-5-4-6-12-46)32-58-62(83)25-22-55(67(58)59)68(57)70-56(69(60)89-71)21-20-54(41-82)88-70/h4-6,11-12,18-19,22-26,30-33,39,45,51-54,59,65-66,71,75-79,81-85H,8-10,13-16,20-21,27-29,34-38,40-44H2,1-3H3. The van der Waals surface area contributed by atoms with E-state index >= 15 is 0 Å². The number of hydrogen-bond donors (Lipinski definition) is 10. The van der Waals surface area contributed by atoms with Crippen LogP contribution in [0.2, 0.25) is 0 Å². The van der Waals surface area contributed by atoms with Crippen molar-refractivity contribution in [3.8, 4) is 51.7 Å². The summed E-state index contributed by atoms with van der Waals surface area (Å²) < 4.78 is 29.2. The van der Waals surface area contributed by atoms with Gasteiger partial charge in [-0.3, -0.25) is 10.6 Å². The van der Waals surface area contributed by atoms with E-state index in [1.54, 1.807) is 12.1 Å². The second-order valence-electron chi connectivity index (χ2n) is 27.4. The maximum atomic E-state index is 12.6. The van der Waals surface area contributed by atoms with E-state index < -0.39 is 35.6 Å². The van der Waals surface area contributed by atoms with Gasteiger partial charge in [-0.2, -0.15) is 0 Å². The molecule has 2 saturated carbocycles. The number of carbonyl (C=O) groups excluding carboxylic acids is 1. The molecule has 1 aromatic heterocycles. The van der Waals surface area contributed by atoms with Crippen molar-refractivity contribution in [3.63, 3.8) is 0 Å². The summed E-state index contributed by atoms with van der Waals surface area (Å²) >= 11 is 0. The lowest BCUT2D eigenvalue weighted by atomic mass is 9.62. The highest BCUT2D eigenvalue weighted by atomic mass is 16.6. The fraction of sp³-hybridized carbons (Fsp3) is 0.500. The van der Waals surface area contributed by atoms with Crippen LogP contribution >= 0.6 is 0 Å². The van der Waals surface area contributed by atoms with Crippen LogP contribution in [0.1, 0.15) is 154 Å². The summed E-state index contributed by atoms with van der Waals surface area (Å²) in [4.78, 5) is 16.0. The van der Waals surface area contributed by atoms with Crippen LogP contribution < -0.4 is 35.5 Å². The molecule has 470 valence electrons. The van der Waals surface area contributed by atoms with Gasteiger partial charge in [-0.05, 0) is 188 Å². The molecule has 11 unspecified atom stereocenters. The van der Waals surface area contributed by atoms with Gasteiger partial charge in [0.2, 0.25) is 0 Å². The molecule has 15 heteroatoms. The van der Waals surface area contributed by atoms with Crippen molar-refractivity contribution < 1.29 is 49.3 Å². The van der Waals surface area contributed by atoms with Gasteiger partial charge in [-0.15, -0.1) is 0 Å². The maximum absolute atomic E-state index is 12.6. The molecule has 5 aromatic carbocycles. The molecule has 0 saturated heterocycles. The monoisotopic (exact) mass is 1210 g/mol. The molecule has 3 aliphatic heterocycles. The summed E-state index contributed by atoms with van der Waals surface area (Å²) in [6.07, 6.45) is 14.8. The molecule has 4 aliphatic carbocycles. The van der Waals surface area contributed by atoms with E-state index in [1.165, 1.54) is 23.0 Å². The van der Waals surface area contributed by atoms with Gasteiger partial charge < -0.3 is 64.9 Å². The minimum Gasteiger partial charge on any atom is -0.507 e. The Balaban J connectivity index is 0.972. The van der Waals surface area contributed by atoms with Crippen LogP contribution in [-0.2, 0) is 35.2 Å². The zero-order chi connectivity index (χ0) is 61.4. The number of carbonyl (C=O) groups is 1. The first-order chi connectivity index (χ1) is 43.3. The number of hydrogen-bond acceptors (Lipinski definition) is 14. The average Bonchev–Trinajstić information content (AvgIpc) is 0.973. The third kappa shape index (κ3) is 12.1. The molecule has 10 N–H and O–H groups in total. The fourth-order valence-electron chi connectivity index (χ4n) is 16.8. The molecule has 0 amide bonds. The molecule has 89 heavy (non-hydrogen) atoms. The Morgan fingerprint density at radius 1 is 0.865 bits per heavy atom. The molecule has 4 heterocycles. The molecule has 2 bridgehead atoms. The Bertz CT molecular complexity index is 3640. The number of aryl methyl sites for hydroxylation is 1. The quantitative estimate of drug-likeness (QED) is 0.0140. The summed E-state index contributed by atoms with van der Waals surface area (Å²) in [5, 5.41) is 73.2. The van der Waals surface area contributed by atoms with Gasteiger partial charge in [0.15, 0.2) is 17.6 Å². The number of phenols is 2. The number of nitrogens with one attached hydrogen (secondary N) is 5. The Hall–Kier alpha value is -6.71. The number of aliphatic hydroxyl groups excluding tert-OH is 2.